The van der Waals surface area contributed by atoms with Crippen molar-refractivity contribution in [3.8, 4) is 22.4 Å². The zero-order valence-corrected chi connectivity index (χ0v) is 10.5. The van der Waals surface area contributed by atoms with Crippen molar-refractivity contribution in [2.45, 2.75) is 0 Å². The summed E-state index contributed by atoms with van der Waals surface area (Å²) in [5, 5.41) is 18.1. The molecule has 0 saturated carbocycles. The number of H-pyrrole nitrogens is 1. The van der Waals surface area contributed by atoms with Crippen molar-refractivity contribution in [2.24, 2.45) is 0 Å². The van der Waals surface area contributed by atoms with Crippen molar-refractivity contribution in [2.75, 3.05) is 0 Å². The Bertz CT molecular complexity index is 751. The van der Waals surface area contributed by atoms with E-state index in [1.165, 1.54) is 6.07 Å². The maximum atomic E-state index is 11.1. The van der Waals surface area contributed by atoms with Gasteiger partial charge in [-0.3, -0.25) is 15.2 Å². The summed E-state index contributed by atoms with van der Waals surface area (Å²) in [4.78, 5) is 10.7. The van der Waals surface area contributed by atoms with Crippen molar-refractivity contribution in [1.82, 2.24) is 10.2 Å². The lowest BCUT2D eigenvalue weighted by atomic mass is 10.0. The SMILES string of the molecule is O=[N+]([O-])c1ccccc1-c1n[nH]cc1-c1ccccc1. The van der Waals surface area contributed by atoms with Gasteiger partial charge >= 0.3 is 0 Å². The first-order valence-corrected chi connectivity index (χ1v) is 6.10. The molecular formula is C15H11N3O2. The Balaban J connectivity index is 2.18. The topological polar surface area (TPSA) is 71.8 Å². The first kappa shape index (κ1) is 12.1. The molecule has 1 aromatic heterocycles. The van der Waals surface area contributed by atoms with E-state index in [0.717, 1.165) is 11.1 Å². The van der Waals surface area contributed by atoms with Gasteiger partial charge in [0.05, 0.1) is 10.5 Å². The van der Waals surface area contributed by atoms with Gasteiger partial charge in [-0.2, -0.15) is 5.10 Å². The van der Waals surface area contributed by atoms with E-state index in [1.54, 1.807) is 24.4 Å². The van der Waals surface area contributed by atoms with Crippen LogP contribution in [0.4, 0.5) is 5.69 Å². The van der Waals surface area contributed by atoms with Crippen LogP contribution < -0.4 is 0 Å². The Morgan fingerprint density at radius 3 is 2.40 bits per heavy atom. The summed E-state index contributed by atoms with van der Waals surface area (Å²) in [7, 11) is 0. The van der Waals surface area contributed by atoms with Gasteiger partial charge in [-0.1, -0.05) is 42.5 Å². The van der Waals surface area contributed by atoms with Crippen molar-refractivity contribution < 1.29 is 4.92 Å². The molecule has 2 aromatic carbocycles. The fourth-order valence-electron chi connectivity index (χ4n) is 2.17. The van der Waals surface area contributed by atoms with Gasteiger partial charge in [0.15, 0.2) is 0 Å². The Morgan fingerprint density at radius 2 is 1.65 bits per heavy atom. The number of nitrogens with zero attached hydrogens (tertiary/aromatic N) is 2. The highest BCUT2D eigenvalue weighted by Gasteiger charge is 2.19. The summed E-state index contributed by atoms with van der Waals surface area (Å²) in [6, 6.07) is 16.3. The summed E-state index contributed by atoms with van der Waals surface area (Å²) in [6.45, 7) is 0. The number of nitro groups is 1. The minimum atomic E-state index is -0.390. The summed E-state index contributed by atoms with van der Waals surface area (Å²) < 4.78 is 0. The second kappa shape index (κ2) is 4.97. The van der Waals surface area contributed by atoms with Crippen LogP contribution in [0.3, 0.4) is 0 Å². The number of hydrogen-bond acceptors (Lipinski definition) is 3. The van der Waals surface area contributed by atoms with E-state index >= 15 is 0 Å². The molecule has 5 nitrogen and oxygen atoms in total. The van der Waals surface area contributed by atoms with E-state index < -0.39 is 4.92 Å². The van der Waals surface area contributed by atoms with Crippen LogP contribution in [0, 0.1) is 10.1 Å². The third-order valence-electron chi connectivity index (χ3n) is 3.08. The third-order valence-corrected chi connectivity index (χ3v) is 3.08. The quantitative estimate of drug-likeness (QED) is 0.580. The summed E-state index contributed by atoms with van der Waals surface area (Å²) in [6.07, 6.45) is 1.75. The molecule has 0 atom stereocenters. The van der Waals surface area contributed by atoms with Gasteiger partial charge in [0, 0.05) is 17.8 Å². The Kier molecular flexibility index (Phi) is 3.01. The van der Waals surface area contributed by atoms with Crippen molar-refractivity contribution in [3.63, 3.8) is 0 Å². The lowest BCUT2D eigenvalue weighted by Crippen LogP contribution is -1.92. The summed E-state index contributed by atoms with van der Waals surface area (Å²) >= 11 is 0. The fraction of sp³-hybridized carbons (Fsp3) is 0. The van der Waals surface area contributed by atoms with Gasteiger partial charge in [0.1, 0.15) is 5.69 Å². The highest BCUT2D eigenvalue weighted by molar-refractivity contribution is 5.84. The highest BCUT2D eigenvalue weighted by atomic mass is 16.6. The molecule has 3 rings (SSSR count). The van der Waals surface area contributed by atoms with E-state index in [4.69, 9.17) is 0 Å². The molecular weight excluding hydrogens is 254 g/mol. The minimum Gasteiger partial charge on any atom is -0.284 e. The van der Waals surface area contributed by atoms with Crippen LogP contribution in [-0.2, 0) is 0 Å². The second-order valence-corrected chi connectivity index (χ2v) is 4.29. The zero-order valence-electron chi connectivity index (χ0n) is 10.5. The van der Waals surface area contributed by atoms with Crippen LogP contribution in [0.1, 0.15) is 0 Å². The third kappa shape index (κ3) is 2.05. The molecule has 0 fully saturated rings. The smallest absolute Gasteiger partial charge is 0.278 e. The molecule has 1 N–H and O–H groups in total. The standard InChI is InChI=1S/C15H11N3O2/c19-18(20)14-9-5-4-8-12(14)15-13(10-16-17-15)11-6-2-1-3-7-11/h1-10H,(H,16,17). The molecule has 98 valence electrons. The van der Waals surface area contributed by atoms with Crippen LogP contribution >= 0.6 is 0 Å². The molecule has 0 saturated heterocycles. The van der Waals surface area contributed by atoms with Crippen molar-refractivity contribution in [3.05, 3.63) is 70.9 Å². The molecule has 0 amide bonds. The van der Waals surface area contributed by atoms with E-state index in [9.17, 15) is 10.1 Å². The molecule has 20 heavy (non-hydrogen) atoms. The molecule has 3 aromatic rings. The Labute approximate surface area is 115 Å². The lowest BCUT2D eigenvalue weighted by Gasteiger charge is -2.03. The average molecular weight is 265 g/mol. The van der Waals surface area contributed by atoms with E-state index in [0.29, 0.717) is 11.3 Å². The lowest BCUT2D eigenvalue weighted by molar-refractivity contribution is -0.384. The number of aromatic nitrogens is 2. The van der Waals surface area contributed by atoms with Crippen LogP contribution in [0.5, 0.6) is 0 Å². The van der Waals surface area contributed by atoms with Gasteiger partial charge in [0.2, 0.25) is 0 Å². The van der Waals surface area contributed by atoms with Crippen molar-refractivity contribution in [1.29, 1.82) is 0 Å². The molecule has 0 aliphatic rings. The number of nitro benzene ring substituents is 1. The molecule has 0 bridgehead atoms. The first-order valence-electron chi connectivity index (χ1n) is 6.10. The predicted molar refractivity (Wildman–Crippen MR) is 76.1 cm³/mol. The van der Waals surface area contributed by atoms with Crippen molar-refractivity contribution >= 4 is 5.69 Å². The normalized spacial score (nSPS) is 10.4. The molecule has 0 unspecified atom stereocenters. The molecule has 1 heterocycles. The van der Waals surface area contributed by atoms with E-state index in [1.807, 2.05) is 30.3 Å². The number of para-hydroxylation sites is 1. The maximum Gasteiger partial charge on any atom is 0.278 e. The average Bonchev–Trinajstić information content (AvgIpc) is 2.97. The molecule has 0 radical (unpaired) electrons. The number of aromatic amines is 1. The van der Waals surface area contributed by atoms with Gasteiger partial charge in [-0.05, 0) is 11.6 Å². The molecule has 5 heteroatoms. The van der Waals surface area contributed by atoms with Crippen LogP contribution in [0.15, 0.2) is 60.8 Å². The maximum absolute atomic E-state index is 11.1. The van der Waals surface area contributed by atoms with E-state index in [2.05, 4.69) is 10.2 Å². The van der Waals surface area contributed by atoms with Crippen LogP contribution in [-0.4, -0.2) is 15.1 Å². The molecule has 0 aliphatic heterocycles. The van der Waals surface area contributed by atoms with Gasteiger partial charge in [-0.25, -0.2) is 0 Å². The second-order valence-electron chi connectivity index (χ2n) is 4.29. The summed E-state index contributed by atoms with van der Waals surface area (Å²) in [5.41, 5.74) is 2.96. The van der Waals surface area contributed by atoms with E-state index in [-0.39, 0.29) is 5.69 Å². The summed E-state index contributed by atoms with van der Waals surface area (Å²) in [5.74, 6) is 0. The number of rotatable bonds is 3. The fourth-order valence-corrected chi connectivity index (χ4v) is 2.17. The Hall–Kier alpha value is -2.95. The predicted octanol–water partition coefficient (Wildman–Crippen LogP) is 3.65. The molecule has 0 aliphatic carbocycles. The number of hydrogen-bond donors (Lipinski definition) is 1. The Morgan fingerprint density at radius 1 is 0.950 bits per heavy atom. The van der Waals surface area contributed by atoms with Gasteiger partial charge in [-0.15, -0.1) is 0 Å². The van der Waals surface area contributed by atoms with Gasteiger partial charge < -0.3 is 0 Å². The van der Waals surface area contributed by atoms with Gasteiger partial charge in [0.25, 0.3) is 5.69 Å². The monoisotopic (exact) mass is 265 g/mol. The largest absolute Gasteiger partial charge is 0.284 e. The highest BCUT2D eigenvalue weighted by Crippen LogP contribution is 2.34. The zero-order chi connectivity index (χ0) is 13.9. The number of benzene rings is 2. The first-order chi connectivity index (χ1) is 9.77. The van der Waals surface area contributed by atoms with Crippen LogP contribution in [0.2, 0.25) is 0 Å². The number of nitrogens with one attached hydrogen (secondary N) is 1. The molecule has 0 spiro atoms. The van der Waals surface area contributed by atoms with Crippen LogP contribution in [0.25, 0.3) is 22.4 Å². The minimum absolute atomic E-state index is 0.0526.